The molecule has 0 aliphatic rings. The van der Waals surface area contributed by atoms with Crippen LogP contribution in [0.4, 0.5) is 5.69 Å². The van der Waals surface area contributed by atoms with Crippen molar-refractivity contribution in [1.82, 2.24) is 4.98 Å². The predicted octanol–water partition coefficient (Wildman–Crippen LogP) is 3.49. The van der Waals surface area contributed by atoms with Gasteiger partial charge < -0.3 is 10.1 Å². The van der Waals surface area contributed by atoms with E-state index < -0.39 is 18.5 Å². The van der Waals surface area contributed by atoms with Gasteiger partial charge in [-0.25, -0.2) is 9.78 Å². The van der Waals surface area contributed by atoms with Crippen molar-refractivity contribution in [2.45, 2.75) is 6.92 Å². The van der Waals surface area contributed by atoms with Crippen molar-refractivity contribution >= 4 is 40.8 Å². The molecule has 0 saturated carbocycles. The molecular weight excluding hydrogens is 327 g/mol. The minimum atomic E-state index is -0.703. The molecule has 0 aliphatic carbocycles. The van der Waals surface area contributed by atoms with Gasteiger partial charge in [0.2, 0.25) is 0 Å². The molecule has 114 valence electrons. The van der Waals surface area contributed by atoms with Crippen LogP contribution in [0.25, 0.3) is 0 Å². The molecule has 5 nitrogen and oxygen atoms in total. The van der Waals surface area contributed by atoms with E-state index in [-0.39, 0.29) is 15.7 Å². The number of hydrogen-bond acceptors (Lipinski definition) is 4. The van der Waals surface area contributed by atoms with Gasteiger partial charge >= 0.3 is 5.97 Å². The van der Waals surface area contributed by atoms with E-state index in [1.54, 1.807) is 12.1 Å². The van der Waals surface area contributed by atoms with Gasteiger partial charge in [-0.2, -0.15) is 0 Å². The fourth-order valence-electron chi connectivity index (χ4n) is 1.65. The number of halogens is 2. The molecule has 2 rings (SSSR count). The van der Waals surface area contributed by atoms with Crippen LogP contribution in [0.3, 0.4) is 0 Å². The van der Waals surface area contributed by atoms with Crippen molar-refractivity contribution in [2.24, 2.45) is 0 Å². The second-order valence-corrected chi connectivity index (χ2v) is 5.20. The molecule has 0 fully saturated rings. The van der Waals surface area contributed by atoms with Crippen molar-refractivity contribution in [2.75, 3.05) is 11.9 Å². The Balaban J connectivity index is 1.92. The number of benzene rings is 1. The van der Waals surface area contributed by atoms with E-state index in [0.29, 0.717) is 5.69 Å². The van der Waals surface area contributed by atoms with Crippen molar-refractivity contribution in [3.05, 3.63) is 57.8 Å². The number of hydrogen-bond donors (Lipinski definition) is 1. The van der Waals surface area contributed by atoms with Crippen LogP contribution >= 0.6 is 23.2 Å². The van der Waals surface area contributed by atoms with Crippen molar-refractivity contribution < 1.29 is 14.3 Å². The summed E-state index contributed by atoms with van der Waals surface area (Å²) in [4.78, 5) is 27.3. The Morgan fingerprint density at radius 1 is 1.27 bits per heavy atom. The zero-order valence-corrected chi connectivity index (χ0v) is 13.1. The maximum Gasteiger partial charge on any atom is 0.340 e. The highest BCUT2D eigenvalue weighted by Crippen LogP contribution is 2.20. The van der Waals surface area contributed by atoms with E-state index in [1.807, 2.05) is 19.1 Å². The Hall–Kier alpha value is -2.11. The summed E-state index contributed by atoms with van der Waals surface area (Å²) in [7, 11) is 0. The first kappa shape index (κ1) is 16.3. The number of pyridine rings is 1. The summed E-state index contributed by atoms with van der Waals surface area (Å²) in [5, 5.41) is 2.89. The standard InChI is InChI=1S/C15H12Cl2N2O3/c1-9-4-2-3-5-12(9)19-13(20)8-22-15(21)10-6-11(16)14(17)18-7-10/h2-7H,8H2,1H3,(H,19,20). The van der Waals surface area contributed by atoms with Crippen LogP contribution in [0.2, 0.25) is 10.2 Å². The van der Waals surface area contributed by atoms with Gasteiger partial charge in [0.15, 0.2) is 6.61 Å². The maximum absolute atomic E-state index is 11.8. The Labute approximate surface area is 137 Å². The molecule has 1 N–H and O–H groups in total. The largest absolute Gasteiger partial charge is 0.452 e. The molecule has 22 heavy (non-hydrogen) atoms. The fourth-order valence-corrected chi connectivity index (χ4v) is 1.92. The Morgan fingerprint density at radius 2 is 2.00 bits per heavy atom. The van der Waals surface area contributed by atoms with E-state index in [0.717, 1.165) is 5.56 Å². The molecule has 0 bridgehead atoms. The second-order valence-electron chi connectivity index (χ2n) is 4.44. The number of carbonyl (C=O) groups is 2. The number of carbonyl (C=O) groups excluding carboxylic acids is 2. The van der Waals surface area contributed by atoms with Crippen LogP contribution < -0.4 is 5.32 Å². The molecule has 1 aromatic carbocycles. The van der Waals surface area contributed by atoms with Crippen LogP contribution in [-0.2, 0) is 9.53 Å². The van der Waals surface area contributed by atoms with Crippen LogP contribution in [0.5, 0.6) is 0 Å². The number of nitrogens with one attached hydrogen (secondary N) is 1. The van der Waals surface area contributed by atoms with Crippen molar-refractivity contribution in [3.63, 3.8) is 0 Å². The first-order valence-corrected chi connectivity index (χ1v) is 7.06. The Morgan fingerprint density at radius 3 is 2.68 bits per heavy atom. The van der Waals surface area contributed by atoms with Gasteiger partial charge in [-0.3, -0.25) is 4.79 Å². The van der Waals surface area contributed by atoms with Gasteiger partial charge in [0.25, 0.3) is 5.91 Å². The summed E-state index contributed by atoms with van der Waals surface area (Å²) in [6, 6.07) is 8.62. The maximum atomic E-state index is 11.8. The summed E-state index contributed by atoms with van der Waals surface area (Å²) in [5.41, 5.74) is 1.70. The van der Waals surface area contributed by atoms with Crippen molar-refractivity contribution in [3.8, 4) is 0 Å². The van der Waals surface area contributed by atoms with Crippen LogP contribution in [0.1, 0.15) is 15.9 Å². The van der Waals surface area contributed by atoms with Crippen molar-refractivity contribution in [1.29, 1.82) is 0 Å². The van der Waals surface area contributed by atoms with Gasteiger partial charge in [0.1, 0.15) is 5.15 Å². The molecule has 7 heteroatoms. The highest BCUT2D eigenvalue weighted by Gasteiger charge is 2.13. The third-order valence-electron chi connectivity index (χ3n) is 2.79. The lowest BCUT2D eigenvalue weighted by atomic mass is 10.2. The number of nitrogens with zero attached hydrogens (tertiary/aromatic N) is 1. The minimum Gasteiger partial charge on any atom is -0.452 e. The SMILES string of the molecule is Cc1ccccc1NC(=O)COC(=O)c1cnc(Cl)c(Cl)c1. The molecule has 0 atom stereocenters. The van der Waals surface area contributed by atoms with E-state index in [9.17, 15) is 9.59 Å². The molecular formula is C15H12Cl2N2O3. The zero-order valence-electron chi connectivity index (χ0n) is 11.6. The van der Waals surface area contributed by atoms with Crippen LogP contribution in [0, 0.1) is 6.92 Å². The van der Waals surface area contributed by atoms with E-state index in [4.69, 9.17) is 27.9 Å². The third kappa shape index (κ3) is 4.19. The number of ether oxygens (including phenoxy) is 1. The minimum absolute atomic E-state index is 0.0931. The lowest BCUT2D eigenvalue weighted by molar-refractivity contribution is -0.119. The summed E-state index contributed by atoms with van der Waals surface area (Å²) in [6.45, 7) is 1.45. The molecule has 0 aliphatic heterocycles. The molecule has 0 saturated heterocycles. The molecule has 1 heterocycles. The fraction of sp³-hybridized carbons (Fsp3) is 0.133. The van der Waals surface area contributed by atoms with Gasteiger partial charge in [-0.15, -0.1) is 0 Å². The lowest BCUT2D eigenvalue weighted by Crippen LogP contribution is -2.21. The zero-order chi connectivity index (χ0) is 16.1. The number of aromatic nitrogens is 1. The smallest absolute Gasteiger partial charge is 0.340 e. The Kier molecular flexibility index (Phi) is 5.35. The van der Waals surface area contributed by atoms with E-state index in [2.05, 4.69) is 10.3 Å². The number of esters is 1. The summed E-state index contributed by atoms with van der Waals surface area (Å²) >= 11 is 11.4. The number of amides is 1. The third-order valence-corrected chi connectivity index (χ3v) is 3.47. The normalized spacial score (nSPS) is 10.1. The first-order valence-electron chi connectivity index (χ1n) is 6.31. The van der Waals surface area contributed by atoms with Gasteiger partial charge in [-0.1, -0.05) is 41.4 Å². The molecule has 0 spiro atoms. The average Bonchev–Trinajstić information content (AvgIpc) is 2.50. The monoisotopic (exact) mass is 338 g/mol. The van der Waals surface area contributed by atoms with Gasteiger partial charge in [-0.05, 0) is 24.6 Å². The number of para-hydroxylation sites is 1. The highest BCUT2D eigenvalue weighted by molar-refractivity contribution is 6.41. The summed E-state index contributed by atoms with van der Waals surface area (Å²) < 4.78 is 4.90. The summed E-state index contributed by atoms with van der Waals surface area (Å²) in [6.07, 6.45) is 1.23. The van der Waals surface area contributed by atoms with Crippen LogP contribution in [0.15, 0.2) is 36.5 Å². The molecule has 0 unspecified atom stereocenters. The second kappa shape index (κ2) is 7.24. The first-order chi connectivity index (χ1) is 10.5. The molecule has 1 amide bonds. The molecule has 2 aromatic rings. The van der Waals surface area contributed by atoms with Crippen LogP contribution in [-0.4, -0.2) is 23.5 Å². The van der Waals surface area contributed by atoms with Gasteiger partial charge in [0.05, 0.1) is 10.6 Å². The highest BCUT2D eigenvalue weighted by atomic mass is 35.5. The number of aryl methyl sites for hydroxylation is 1. The lowest BCUT2D eigenvalue weighted by Gasteiger charge is -2.08. The topological polar surface area (TPSA) is 68.3 Å². The Bertz CT molecular complexity index is 720. The van der Waals surface area contributed by atoms with Gasteiger partial charge in [0, 0.05) is 11.9 Å². The average molecular weight is 339 g/mol. The predicted molar refractivity (Wildman–Crippen MR) is 84.3 cm³/mol. The molecule has 1 aromatic heterocycles. The summed E-state index contributed by atoms with van der Waals surface area (Å²) in [5.74, 6) is -1.14. The van der Waals surface area contributed by atoms with E-state index >= 15 is 0 Å². The number of rotatable bonds is 4. The number of anilines is 1. The molecule has 0 radical (unpaired) electrons. The quantitative estimate of drug-likeness (QED) is 0.684. The van der Waals surface area contributed by atoms with E-state index in [1.165, 1.54) is 12.3 Å².